The monoisotopic (exact) mass is 620 g/mol. The minimum atomic E-state index is -4.42. The van der Waals surface area contributed by atoms with Gasteiger partial charge in [0.1, 0.15) is 0 Å². The van der Waals surface area contributed by atoms with E-state index in [1.165, 1.54) is 73.3 Å². The number of benzene rings is 3. The second-order valence-electron chi connectivity index (χ2n) is 12.5. The van der Waals surface area contributed by atoms with Crippen LogP contribution in [0.15, 0.2) is 91.0 Å². The van der Waals surface area contributed by atoms with E-state index >= 15 is 0 Å². The first kappa shape index (κ1) is 30.5. The molecule has 3 aliphatic carbocycles. The standard InChI is InChI=1S/C18H15OSi.3C6H11O.Ti/c19-20(16-10-4-1-5-11-16,17-12-6-2-7-13-17)18-14-8-3-9-15-18;3*7-6-4-2-1-3-5-6;/h1-15H;3*6H,1-5H2;/q4*-1;+4. The van der Waals surface area contributed by atoms with E-state index < -0.39 is 26.5 Å². The van der Waals surface area contributed by atoms with Gasteiger partial charge in [-0.1, -0.05) is 0 Å². The normalized spacial score (nSPS) is 20.0. The van der Waals surface area contributed by atoms with Crippen molar-refractivity contribution in [3.05, 3.63) is 91.0 Å². The molecule has 0 aliphatic heterocycles. The molecule has 0 amide bonds. The molecular formula is C36H48O4SiTi. The fraction of sp³-hybridized carbons (Fsp3) is 0.500. The topological polar surface area (TPSA) is 36.9 Å². The summed E-state index contributed by atoms with van der Waals surface area (Å²) in [5, 5.41) is 3.64. The van der Waals surface area contributed by atoms with E-state index in [0.29, 0.717) is 0 Å². The van der Waals surface area contributed by atoms with Gasteiger partial charge in [0.2, 0.25) is 0 Å². The summed E-state index contributed by atoms with van der Waals surface area (Å²) in [7, 11) is -3.10. The van der Waals surface area contributed by atoms with Gasteiger partial charge in [0.15, 0.2) is 0 Å². The molecule has 0 heterocycles. The van der Waals surface area contributed by atoms with Gasteiger partial charge < -0.3 is 0 Å². The number of rotatable bonds is 11. The van der Waals surface area contributed by atoms with Crippen molar-refractivity contribution in [2.75, 3.05) is 0 Å². The van der Waals surface area contributed by atoms with Crippen molar-refractivity contribution in [1.29, 1.82) is 0 Å². The molecule has 0 aromatic heterocycles. The Morgan fingerprint density at radius 3 is 0.976 bits per heavy atom. The van der Waals surface area contributed by atoms with E-state index in [2.05, 4.69) is 91.0 Å². The van der Waals surface area contributed by atoms with Crippen molar-refractivity contribution in [1.82, 2.24) is 0 Å². The maximum absolute atomic E-state index is 7.95. The van der Waals surface area contributed by atoms with Crippen molar-refractivity contribution in [3.8, 4) is 0 Å². The number of hydrogen-bond donors (Lipinski definition) is 0. The van der Waals surface area contributed by atoms with Gasteiger partial charge in [-0.05, 0) is 0 Å². The molecule has 3 aromatic carbocycles. The van der Waals surface area contributed by atoms with E-state index in [4.69, 9.17) is 13.0 Å². The quantitative estimate of drug-likeness (QED) is 0.164. The molecule has 4 nitrogen and oxygen atoms in total. The molecule has 224 valence electrons. The molecule has 0 saturated heterocycles. The van der Waals surface area contributed by atoms with E-state index in [9.17, 15) is 0 Å². The Morgan fingerprint density at radius 2 is 0.690 bits per heavy atom. The summed E-state index contributed by atoms with van der Waals surface area (Å²) in [5.41, 5.74) is 0. The SMILES string of the molecule is c1ccc([Si]([O][Ti]([O]C2CCCCC2)([O]C2CCCCC2)[O]C2CCCCC2)(c2ccccc2)c2ccccc2)cc1. The first-order valence-corrected chi connectivity index (χ1v) is 21.1. The summed E-state index contributed by atoms with van der Waals surface area (Å²) >= 11 is -4.42. The summed E-state index contributed by atoms with van der Waals surface area (Å²) in [4.78, 5) is 0. The summed E-state index contributed by atoms with van der Waals surface area (Å²) in [6.07, 6.45) is 17.9. The summed E-state index contributed by atoms with van der Waals surface area (Å²) in [6, 6.07) is 32.7. The van der Waals surface area contributed by atoms with E-state index in [0.717, 1.165) is 38.5 Å². The van der Waals surface area contributed by atoms with Gasteiger partial charge in [-0.25, -0.2) is 0 Å². The summed E-state index contributed by atoms with van der Waals surface area (Å²) in [5.74, 6) is 0. The minimum absolute atomic E-state index is 0.139. The van der Waals surface area contributed by atoms with Crippen LogP contribution in [0, 0.1) is 0 Å². The fourth-order valence-electron chi connectivity index (χ4n) is 7.20. The Hall–Kier alpha value is -1.57. The first-order chi connectivity index (χ1) is 20.8. The van der Waals surface area contributed by atoms with Gasteiger partial charge in [0.25, 0.3) is 0 Å². The van der Waals surface area contributed by atoms with E-state index in [-0.39, 0.29) is 18.3 Å². The second-order valence-corrected chi connectivity index (χ2v) is 19.4. The van der Waals surface area contributed by atoms with Crippen molar-refractivity contribution in [2.45, 2.75) is 115 Å². The molecule has 0 atom stereocenters. The van der Waals surface area contributed by atoms with Crippen LogP contribution in [0.25, 0.3) is 0 Å². The Balaban J connectivity index is 1.52. The van der Waals surface area contributed by atoms with Gasteiger partial charge in [0.05, 0.1) is 0 Å². The van der Waals surface area contributed by atoms with Gasteiger partial charge >= 0.3 is 261 Å². The molecular weight excluding hydrogens is 572 g/mol. The zero-order valence-electron chi connectivity index (χ0n) is 25.1. The molecule has 3 aromatic rings. The van der Waals surface area contributed by atoms with Crippen LogP contribution in [-0.4, -0.2) is 26.6 Å². The van der Waals surface area contributed by atoms with Crippen LogP contribution in [0.5, 0.6) is 0 Å². The first-order valence-electron chi connectivity index (χ1n) is 16.7. The van der Waals surface area contributed by atoms with Crippen molar-refractivity contribution < 1.29 is 31.1 Å². The Kier molecular flexibility index (Phi) is 10.8. The van der Waals surface area contributed by atoms with E-state index in [1.54, 1.807) is 0 Å². The predicted octanol–water partition coefficient (Wildman–Crippen LogP) is 7.53. The molecule has 0 radical (unpaired) electrons. The molecule has 3 fully saturated rings. The summed E-state index contributed by atoms with van der Waals surface area (Å²) in [6.45, 7) is 0. The molecule has 42 heavy (non-hydrogen) atoms. The van der Waals surface area contributed by atoms with Gasteiger partial charge in [0, 0.05) is 0 Å². The zero-order valence-corrected chi connectivity index (χ0v) is 27.7. The molecule has 6 heteroatoms. The molecule has 0 bridgehead atoms. The fourth-order valence-corrected chi connectivity index (χ4v) is 18.4. The van der Waals surface area contributed by atoms with Crippen LogP contribution in [0.1, 0.15) is 96.3 Å². The van der Waals surface area contributed by atoms with Crippen LogP contribution in [0.4, 0.5) is 0 Å². The average molecular weight is 621 g/mol. The van der Waals surface area contributed by atoms with Crippen molar-refractivity contribution >= 4 is 23.9 Å². The summed E-state index contributed by atoms with van der Waals surface area (Å²) < 4.78 is 30.0. The van der Waals surface area contributed by atoms with Gasteiger partial charge in [-0.15, -0.1) is 0 Å². The van der Waals surface area contributed by atoms with Crippen LogP contribution in [-0.2, 0) is 31.1 Å². The third-order valence-corrected chi connectivity index (χ3v) is 18.9. The Bertz CT molecular complexity index is 1050. The average Bonchev–Trinajstić information content (AvgIpc) is 3.06. The third-order valence-electron chi connectivity index (χ3n) is 9.41. The predicted molar refractivity (Wildman–Crippen MR) is 169 cm³/mol. The van der Waals surface area contributed by atoms with Crippen molar-refractivity contribution in [3.63, 3.8) is 0 Å². The van der Waals surface area contributed by atoms with Crippen LogP contribution < -0.4 is 15.6 Å². The van der Waals surface area contributed by atoms with Gasteiger partial charge in [-0.2, -0.15) is 0 Å². The molecule has 0 spiro atoms. The molecule has 3 aliphatic rings. The van der Waals surface area contributed by atoms with Crippen molar-refractivity contribution in [2.24, 2.45) is 0 Å². The van der Waals surface area contributed by atoms with Crippen LogP contribution in [0.2, 0.25) is 0 Å². The molecule has 0 N–H and O–H groups in total. The maximum atomic E-state index is 7.95. The number of hydrogen-bond acceptors (Lipinski definition) is 4. The second kappa shape index (κ2) is 14.9. The molecule has 0 unspecified atom stereocenters. The van der Waals surface area contributed by atoms with Gasteiger partial charge in [-0.3, -0.25) is 0 Å². The molecule has 6 rings (SSSR count). The Morgan fingerprint density at radius 1 is 0.405 bits per heavy atom. The van der Waals surface area contributed by atoms with E-state index in [1.807, 2.05) is 0 Å². The Labute approximate surface area is 259 Å². The zero-order chi connectivity index (χ0) is 28.5. The van der Waals surface area contributed by atoms with Crippen LogP contribution in [0.3, 0.4) is 0 Å². The molecule has 3 saturated carbocycles. The van der Waals surface area contributed by atoms with Crippen LogP contribution >= 0.6 is 0 Å². The third kappa shape index (κ3) is 7.38.